The molecule has 0 unspecified atom stereocenters. The van der Waals surface area contributed by atoms with Crippen LogP contribution in [0.25, 0.3) is 11.4 Å². The molecule has 0 aliphatic carbocycles. The summed E-state index contributed by atoms with van der Waals surface area (Å²) in [5, 5.41) is 14.8. The van der Waals surface area contributed by atoms with Crippen LogP contribution in [-0.2, 0) is 6.54 Å². The maximum absolute atomic E-state index is 13.8. The van der Waals surface area contributed by atoms with E-state index in [9.17, 15) is 9.50 Å². The minimum Gasteiger partial charge on any atom is -0.392 e. The van der Waals surface area contributed by atoms with Crippen LogP contribution in [0.3, 0.4) is 0 Å². The number of aromatic nitrogens is 2. The molecular formula is C20H19ClFN3O2. The summed E-state index contributed by atoms with van der Waals surface area (Å²) < 4.78 is 19.3. The Kier molecular flexibility index (Phi) is 4.95. The van der Waals surface area contributed by atoms with Gasteiger partial charge in [-0.25, -0.2) is 4.39 Å². The lowest BCUT2D eigenvalue weighted by Gasteiger charge is -2.21. The highest BCUT2D eigenvalue weighted by Gasteiger charge is 2.36. The highest BCUT2D eigenvalue weighted by Crippen LogP contribution is 2.33. The number of aryl methyl sites for hydroxylation is 1. The summed E-state index contributed by atoms with van der Waals surface area (Å²) in [6.07, 6.45) is 0.0479. The summed E-state index contributed by atoms with van der Waals surface area (Å²) in [4.78, 5) is 6.55. The lowest BCUT2D eigenvalue weighted by molar-refractivity contribution is 0.169. The van der Waals surface area contributed by atoms with Gasteiger partial charge in [-0.05, 0) is 42.7 Å². The normalized spacial score (nSPS) is 20.3. The molecule has 1 N–H and O–H groups in total. The molecule has 1 aliphatic rings. The predicted molar refractivity (Wildman–Crippen MR) is 99.7 cm³/mol. The smallest absolute Gasteiger partial charge is 0.244 e. The summed E-state index contributed by atoms with van der Waals surface area (Å²) in [6, 6.07) is 12.3. The van der Waals surface area contributed by atoms with Crippen molar-refractivity contribution in [3.8, 4) is 11.4 Å². The van der Waals surface area contributed by atoms with E-state index in [0.717, 1.165) is 5.56 Å². The molecule has 0 bridgehead atoms. The first-order chi connectivity index (χ1) is 13.0. The summed E-state index contributed by atoms with van der Waals surface area (Å²) in [5.41, 5.74) is 2.21. The Morgan fingerprint density at radius 2 is 2.04 bits per heavy atom. The number of nitrogens with zero attached hydrogens (tertiary/aromatic N) is 3. The van der Waals surface area contributed by atoms with Crippen molar-refractivity contribution in [2.45, 2.75) is 32.0 Å². The fraction of sp³-hybridized carbons (Fsp3) is 0.300. The van der Waals surface area contributed by atoms with E-state index in [1.807, 2.05) is 24.3 Å². The second kappa shape index (κ2) is 7.38. The number of hydrogen-bond donors (Lipinski definition) is 1. The third kappa shape index (κ3) is 3.88. The second-order valence-electron chi connectivity index (χ2n) is 6.88. The zero-order valence-electron chi connectivity index (χ0n) is 14.8. The molecule has 0 radical (unpaired) electrons. The van der Waals surface area contributed by atoms with Crippen LogP contribution >= 0.6 is 11.6 Å². The summed E-state index contributed by atoms with van der Waals surface area (Å²) in [6.45, 7) is 2.86. The fourth-order valence-corrected chi connectivity index (χ4v) is 3.48. The number of hydrogen-bond acceptors (Lipinski definition) is 5. The third-order valence-corrected chi connectivity index (χ3v) is 5.09. The molecule has 2 aromatic carbocycles. The maximum Gasteiger partial charge on any atom is 0.244 e. The van der Waals surface area contributed by atoms with Crippen LogP contribution in [-0.4, -0.2) is 32.8 Å². The van der Waals surface area contributed by atoms with Crippen LogP contribution in [0.2, 0.25) is 5.02 Å². The Balaban J connectivity index is 1.56. The molecule has 27 heavy (non-hydrogen) atoms. The number of benzene rings is 2. The Bertz CT molecular complexity index is 945. The molecule has 1 aliphatic heterocycles. The molecule has 1 fully saturated rings. The summed E-state index contributed by atoms with van der Waals surface area (Å²) in [5.74, 6) is 0.465. The van der Waals surface area contributed by atoms with Crippen molar-refractivity contribution >= 4 is 11.6 Å². The monoisotopic (exact) mass is 387 g/mol. The van der Waals surface area contributed by atoms with E-state index >= 15 is 0 Å². The average Bonchev–Trinajstić information content (AvgIpc) is 3.26. The van der Waals surface area contributed by atoms with Crippen LogP contribution in [0.1, 0.15) is 29.5 Å². The first-order valence-electron chi connectivity index (χ1n) is 8.76. The largest absolute Gasteiger partial charge is 0.392 e. The van der Waals surface area contributed by atoms with Gasteiger partial charge in [0.25, 0.3) is 0 Å². The van der Waals surface area contributed by atoms with Gasteiger partial charge in [0, 0.05) is 23.7 Å². The van der Waals surface area contributed by atoms with Gasteiger partial charge >= 0.3 is 0 Å². The van der Waals surface area contributed by atoms with Crippen molar-refractivity contribution in [3.63, 3.8) is 0 Å². The topological polar surface area (TPSA) is 62.4 Å². The van der Waals surface area contributed by atoms with E-state index in [1.165, 1.54) is 6.07 Å². The lowest BCUT2D eigenvalue weighted by atomic mass is 10.1. The van der Waals surface area contributed by atoms with Gasteiger partial charge in [0.15, 0.2) is 0 Å². The van der Waals surface area contributed by atoms with Gasteiger partial charge in [0.05, 0.1) is 12.1 Å². The molecule has 4 rings (SSSR count). The molecule has 3 aromatic rings. The average molecular weight is 388 g/mol. The molecule has 2 atom stereocenters. The summed E-state index contributed by atoms with van der Waals surface area (Å²) in [7, 11) is 0. The van der Waals surface area contributed by atoms with Crippen LogP contribution in [0.4, 0.5) is 4.39 Å². The quantitative estimate of drug-likeness (QED) is 0.728. The Morgan fingerprint density at radius 3 is 2.78 bits per heavy atom. The fourth-order valence-electron chi connectivity index (χ4n) is 3.36. The highest BCUT2D eigenvalue weighted by molar-refractivity contribution is 6.30. The van der Waals surface area contributed by atoms with Crippen LogP contribution in [0.15, 0.2) is 47.0 Å². The first-order valence-corrected chi connectivity index (χ1v) is 9.14. The molecule has 0 spiro atoms. The number of aliphatic hydroxyl groups excluding tert-OH is 1. The molecule has 1 saturated heterocycles. The van der Waals surface area contributed by atoms with Gasteiger partial charge in [-0.1, -0.05) is 41.0 Å². The molecule has 5 nitrogen and oxygen atoms in total. The number of halogens is 2. The number of β-amino-alcohol motifs (C(OH)–C–C–N with tert-alkyl or cyclic N) is 1. The standard InChI is InChI=1S/C20H19ClFN3O2/c1-12-2-5-14(8-17(12)22)19-23-20(27-24-19)18-9-16(26)11-25(18)10-13-3-6-15(21)7-4-13/h2-8,16,18,26H,9-11H2,1H3/t16-,18+/m1/s1. The third-order valence-electron chi connectivity index (χ3n) is 4.84. The van der Waals surface area contributed by atoms with Crippen molar-refractivity contribution in [1.82, 2.24) is 15.0 Å². The van der Waals surface area contributed by atoms with Crippen molar-refractivity contribution < 1.29 is 14.0 Å². The zero-order chi connectivity index (χ0) is 19.0. The van der Waals surface area contributed by atoms with Crippen molar-refractivity contribution in [1.29, 1.82) is 0 Å². The van der Waals surface area contributed by atoms with Crippen molar-refractivity contribution in [2.75, 3.05) is 6.54 Å². The van der Waals surface area contributed by atoms with Crippen molar-refractivity contribution in [2.24, 2.45) is 0 Å². The number of aliphatic hydroxyl groups is 1. The molecular weight excluding hydrogens is 369 g/mol. The van der Waals surface area contributed by atoms with E-state index in [4.69, 9.17) is 16.1 Å². The second-order valence-corrected chi connectivity index (χ2v) is 7.32. The molecule has 2 heterocycles. The van der Waals surface area contributed by atoms with Crippen LogP contribution < -0.4 is 0 Å². The highest BCUT2D eigenvalue weighted by atomic mass is 35.5. The van der Waals surface area contributed by atoms with Gasteiger partial charge < -0.3 is 9.63 Å². The number of likely N-dealkylation sites (tertiary alicyclic amines) is 1. The van der Waals surface area contributed by atoms with Crippen molar-refractivity contribution in [3.05, 3.63) is 70.3 Å². The summed E-state index contributed by atoms with van der Waals surface area (Å²) >= 11 is 5.94. The van der Waals surface area contributed by atoms with E-state index in [0.29, 0.717) is 47.4 Å². The van der Waals surface area contributed by atoms with Gasteiger partial charge in [0.2, 0.25) is 11.7 Å². The molecule has 1 aromatic heterocycles. The SMILES string of the molecule is Cc1ccc(-c2noc([C@@H]3C[C@@H](O)CN3Cc3ccc(Cl)cc3)n2)cc1F. The lowest BCUT2D eigenvalue weighted by Crippen LogP contribution is -2.24. The van der Waals surface area contributed by atoms with Gasteiger partial charge in [-0.2, -0.15) is 4.98 Å². The molecule has 140 valence electrons. The Labute approximate surface area is 161 Å². The minimum absolute atomic E-state index is 0.188. The predicted octanol–water partition coefficient (Wildman–Crippen LogP) is 4.15. The Morgan fingerprint density at radius 1 is 1.26 bits per heavy atom. The van der Waals surface area contributed by atoms with Gasteiger partial charge in [-0.15, -0.1) is 0 Å². The van der Waals surface area contributed by atoms with E-state index in [1.54, 1.807) is 19.1 Å². The van der Waals surface area contributed by atoms with Gasteiger partial charge in [-0.3, -0.25) is 4.90 Å². The maximum atomic E-state index is 13.8. The van der Waals surface area contributed by atoms with Gasteiger partial charge in [0.1, 0.15) is 5.82 Å². The van der Waals surface area contributed by atoms with Crippen LogP contribution in [0.5, 0.6) is 0 Å². The number of rotatable bonds is 4. The van der Waals surface area contributed by atoms with E-state index in [-0.39, 0.29) is 11.9 Å². The Hall–Kier alpha value is -2.28. The molecule has 7 heteroatoms. The zero-order valence-corrected chi connectivity index (χ0v) is 15.5. The van der Waals surface area contributed by atoms with E-state index < -0.39 is 6.10 Å². The van der Waals surface area contributed by atoms with E-state index in [2.05, 4.69) is 15.0 Å². The molecule has 0 amide bonds. The molecule has 0 saturated carbocycles. The minimum atomic E-state index is -0.463. The first kappa shape index (κ1) is 18.1. The van der Waals surface area contributed by atoms with Crippen LogP contribution in [0, 0.1) is 12.7 Å².